The topological polar surface area (TPSA) is 50.1 Å². The van der Waals surface area contributed by atoms with Crippen LogP contribution >= 0.6 is 0 Å². The first-order valence-electron chi connectivity index (χ1n) is 6.18. The Morgan fingerprint density at radius 3 is 3.25 bits per heavy atom. The smallest absolute Gasteiger partial charge is 0.133 e. The van der Waals surface area contributed by atoms with Crippen LogP contribution in [0, 0.1) is 12.8 Å². The standard InChI is InChI=1S/C12H21N3O/c1-10-7-12(15-16-10)9-14-6-4-11-3-2-5-13-8-11/h7,11,13-14H,2-6,8-9H2,1H3. The average Bonchev–Trinajstić information content (AvgIpc) is 2.72. The molecule has 0 aliphatic carbocycles. The van der Waals surface area contributed by atoms with Crippen molar-refractivity contribution >= 4 is 0 Å². The van der Waals surface area contributed by atoms with E-state index in [-0.39, 0.29) is 0 Å². The van der Waals surface area contributed by atoms with Crippen molar-refractivity contribution in [1.82, 2.24) is 15.8 Å². The highest BCUT2D eigenvalue weighted by molar-refractivity contribution is 5.02. The number of aryl methyl sites for hydroxylation is 1. The van der Waals surface area contributed by atoms with E-state index >= 15 is 0 Å². The summed E-state index contributed by atoms with van der Waals surface area (Å²) in [5.41, 5.74) is 0.999. The summed E-state index contributed by atoms with van der Waals surface area (Å²) >= 11 is 0. The van der Waals surface area contributed by atoms with E-state index in [0.29, 0.717) is 0 Å². The minimum atomic E-state index is 0.817. The van der Waals surface area contributed by atoms with Gasteiger partial charge in [0.05, 0.1) is 5.69 Å². The normalized spacial score (nSPS) is 21.2. The Hall–Kier alpha value is -0.870. The maximum absolute atomic E-state index is 5.01. The molecule has 90 valence electrons. The van der Waals surface area contributed by atoms with Crippen LogP contribution in [0.2, 0.25) is 0 Å². The second-order valence-electron chi connectivity index (χ2n) is 4.61. The molecule has 0 spiro atoms. The summed E-state index contributed by atoms with van der Waals surface area (Å²) in [6.45, 7) is 6.19. The Bertz CT molecular complexity index is 305. The largest absolute Gasteiger partial charge is 0.361 e. The van der Waals surface area contributed by atoms with E-state index in [1.54, 1.807) is 0 Å². The predicted octanol–water partition coefficient (Wildman–Crippen LogP) is 1.46. The number of rotatable bonds is 5. The zero-order valence-corrected chi connectivity index (χ0v) is 9.96. The maximum Gasteiger partial charge on any atom is 0.133 e. The summed E-state index contributed by atoms with van der Waals surface area (Å²) in [5.74, 6) is 1.73. The van der Waals surface area contributed by atoms with E-state index < -0.39 is 0 Å². The van der Waals surface area contributed by atoms with Gasteiger partial charge in [0.1, 0.15) is 5.76 Å². The fourth-order valence-corrected chi connectivity index (χ4v) is 2.19. The molecule has 1 aromatic rings. The summed E-state index contributed by atoms with van der Waals surface area (Å²) < 4.78 is 5.01. The molecule has 4 heteroatoms. The molecule has 1 atom stereocenters. The third-order valence-corrected chi connectivity index (χ3v) is 3.11. The van der Waals surface area contributed by atoms with Crippen LogP contribution in [-0.2, 0) is 6.54 Å². The van der Waals surface area contributed by atoms with Gasteiger partial charge in [-0.25, -0.2) is 0 Å². The monoisotopic (exact) mass is 223 g/mol. The van der Waals surface area contributed by atoms with Crippen LogP contribution in [0.5, 0.6) is 0 Å². The van der Waals surface area contributed by atoms with E-state index in [4.69, 9.17) is 4.52 Å². The fraction of sp³-hybridized carbons (Fsp3) is 0.750. The lowest BCUT2D eigenvalue weighted by molar-refractivity contribution is 0.350. The molecule has 2 rings (SSSR count). The second-order valence-corrected chi connectivity index (χ2v) is 4.61. The molecule has 16 heavy (non-hydrogen) atoms. The molecular weight excluding hydrogens is 202 g/mol. The molecule has 0 aromatic carbocycles. The van der Waals surface area contributed by atoms with Gasteiger partial charge in [0.2, 0.25) is 0 Å². The van der Waals surface area contributed by atoms with Crippen molar-refractivity contribution in [3.8, 4) is 0 Å². The summed E-state index contributed by atoms with van der Waals surface area (Å²) in [4.78, 5) is 0. The highest BCUT2D eigenvalue weighted by Crippen LogP contribution is 2.12. The maximum atomic E-state index is 5.01. The van der Waals surface area contributed by atoms with Crippen LogP contribution < -0.4 is 10.6 Å². The lowest BCUT2D eigenvalue weighted by Gasteiger charge is -2.22. The molecule has 1 aliphatic rings. The van der Waals surface area contributed by atoms with E-state index in [0.717, 1.165) is 30.5 Å². The van der Waals surface area contributed by atoms with Crippen LogP contribution in [-0.4, -0.2) is 24.8 Å². The van der Waals surface area contributed by atoms with Gasteiger partial charge in [0.25, 0.3) is 0 Å². The first-order valence-corrected chi connectivity index (χ1v) is 6.18. The van der Waals surface area contributed by atoms with Crippen LogP contribution in [0.25, 0.3) is 0 Å². The van der Waals surface area contributed by atoms with Crippen LogP contribution in [0.4, 0.5) is 0 Å². The third-order valence-electron chi connectivity index (χ3n) is 3.11. The molecule has 1 saturated heterocycles. The van der Waals surface area contributed by atoms with Crippen molar-refractivity contribution in [2.75, 3.05) is 19.6 Å². The molecule has 1 fully saturated rings. The fourth-order valence-electron chi connectivity index (χ4n) is 2.19. The zero-order chi connectivity index (χ0) is 11.2. The van der Waals surface area contributed by atoms with Gasteiger partial charge >= 0.3 is 0 Å². The first-order chi connectivity index (χ1) is 7.84. The van der Waals surface area contributed by atoms with Crippen molar-refractivity contribution in [2.45, 2.75) is 32.7 Å². The van der Waals surface area contributed by atoms with Gasteiger partial charge in [-0.15, -0.1) is 0 Å². The van der Waals surface area contributed by atoms with Gasteiger partial charge in [-0.3, -0.25) is 0 Å². The van der Waals surface area contributed by atoms with Crippen molar-refractivity contribution in [3.63, 3.8) is 0 Å². The molecule has 0 amide bonds. The number of hydrogen-bond acceptors (Lipinski definition) is 4. The van der Waals surface area contributed by atoms with Gasteiger partial charge in [0.15, 0.2) is 0 Å². The Balaban J connectivity index is 1.57. The van der Waals surface area contributed by atoms with Crippen molar-refractivity contribution in [3.05, 3.63) is 17.5 Å². The third kappa shape index (κ3) is 3.61. The zero-order valence-electron chi connectivity index (χ0n) is 9.96. The summed E-state index contributed by atoms with van der Waals surface area (Å²) in [6.07, 6.45) is 3.95. The SMILES string of the molecule is Cc1cc(CNCCC2CCCNC2)no1. The molecule has 1 unspecified atom stereocenters. The van der Waals surface area contributed by atoms with Crippen molar-refractivity contribution < 1.29 is 4.52 Å². The minimum Gasteiger partial charge on any atom is -0.361 e. The van der Waals surface area contributed by atoms with Crippen LogP contribution in [0.15, 0.2) is 10.6 Å². The summed E-state index contributed by atoms with van der Waals surface area (Å²) in [6, 6.07) is 1.98. The molecule has 0 radical (unpaired) electrons. The van der Waals surface area contributed by atoms with Crippen molar-refractivity contribution in [1.29, 1.82) is 0 Å². The Kier molecular flexibility index (Phi) is 4.36. The lowest BCUT2D eigenvalue weighted by atomic mass is 9.96. The lowest BCUT2D eigenvalue weighted by Crippen LogP contribution is -2.31. The molecule has 1 aliphatic heterocycles. The highest BCUT2D eigenvalue weighted by atomic mass is 16.5. The molecule has 4 nitrogen and oxygen atoms in total. The molecule has 2 heterocycles. The van der Waals surface area contributed by atoms with Gasteiger partial charge in [0, 0.05) is 12.6 Å². The van der Waals surface area contributed by atoms with Gasteiger partial charge < -0.3 is 15.2 Å². The van der Waals surface area contributed by atoms with E-state index in [2.05, 4.69) is 15.8 Å². The van der Waals surface area contributed by atoms with E-state index in [1.165, 1.54) is 32.4 Å². The number of nitrogens with zero attached hydrogens (tertiary/aromatic N) is 1. The van der Waals surface area contributed by atoms with E-state index in [1.807, 2.05) is 13.0 Å². The summed E-state index contributed by atoms with van der Waals surface area (Å²) in [5, 5.41) is 10.8. The quantitative estimate of drug-likeness (QED) is 0.742. The Morgan fingerprint density at radius 2 is 2.56 bits per heavy atom. The Labute approximate surface area is 96.8 Å². The van der Waals surface area contributed by atoms with Gasteiger partial charge in [-0.2, -0.15) is 0 Å². The van der Waals surface area contributed by atoms with E-state index in [9.17, 15) is 0 Å². The molecule has 1 aromatic heterocycles. The Morgan fingerprint density at radius 1 is 1.62 bits per heavy atom. The molecule has 2 N–H and O–H groups in total. The molecular formula is C12H21N3O. The average molecular weight is 223 g/mol. The number of hydrogen-bond donors (Lipinski definition) is 2. The molecule has 0 bridgehead atoms. The predicted molar refractivity (Wildman–Crippen MR) is 63.2 cm³/mol. The highest BCUT2D eigenvalue weighted by Gasteiger charge is 2.11. The van der Waals surface area contributed by atoms with Gasteiger partial charge in [-0.1, -0.05) is 5.16 Å². The minimum absolute atomic E-state index is 0.817. The summed E-state index contributed by atoms with van der Waals surface area (Å²) in [7, 11) is 0. The van der Waals surface area contributed by atoms with Crippen molar-refractivity contribution in [2.24, 2.45) is 5.92 Å². The number of aromatic nitrogens is 1. The number of nitrogens with one attached hydrogen (secondary N) is 2. The first kappa shape index (κ1) is 11.6. The second kappa shape index (κ2) is 6.01. The van der Waals surface area contributed by atoms with Gasteiger partial charge in [-0.05, 0) is 51.7 Å². The van der Waals surface area contributed by atoms with Crippen LogP contribution in [0.3, 0.4) is 0 Å². The number of piperidine rings is 1. The molecule has 0 saturated carbocycles. The van der Waals surface area contributed by atoms with Crippen LogP contribution in [0.1, 0.15) is 30.7 Å².